The standard InChI is InChI=1S/C18H28N2O2S/c1-5-8-13-23-14(4)17(21)19-16-11-9-15(10-12-16)18(22)20(6-2)7-3/h9-12,14H,5-8,13H2,1-4H3,(H,19,21). The van der Waals surface area contributed by atoms with E-state index in [1.807, 2.05) is 20.8 Å². The molecule has 1 unspecified atom stereocenters. The number of carbonyl (C=O) groups excluding carboxylic acids is 2. The first-order chi connectivity index (χ1) is 11.0. The molecule has 0 saturated heterocycles. The van der Waals surface area contributed by atoms with Gasteiger partial charge in [0.1, 0.15) is 0 Å². The van der Waals surface area contributed by atoms with Crippen molar-refractivity contribution in [2.75, 3.05) is 24.2 Å². The van der Waals surface area contributed by atoms with Gasteiger partial charge in [-0.2, -0.15) is 0 Å². The Bertz CT molecular complexity index is 498. The Labute approximate surface area is 144 Å². The molecule has 1 aromatic carbocycles. The summed E-state index contributed by atoms with van der Waals surface area (Å²) < 4.78 is 0. The van der Waals surface area contributed by atoms with Crippen molar-refractivity contribution >= 4 is 29.3 Å². The summed E-state index contributed by atoms with van der Waals surface area (Å²) in [6.07, 6.45) is 2.27. The van der Waals surface area contributed by atoms with Gasteiger partial charge in [-0.3, -0.25) is 9.59 Å². The summed E-state index contributed by atoms with van der Waals surface area (Å²) in [6, 6.07) is 7.12. The molecule has 0 fully saturated rings. The Morgan fingerprint density at radius 2 is 1.74 bits per heavy atom. The topological polar surface area (TPSA) is 49.4 Å². The van der Waals surface area contributed by atoms with E-state index < -0.39 is 0 Å². The lowest BCUT2D eigenvalue weighted by atomic mass is 10.1. The van der Waals surface area contributed by atoms with Crippen LogP contribution in [0, 0.1) is 0 Å². The lowest BCUT2D eigenvalue weighted by Crippen LogP contribution is -2.30. The first-order valence-corrected chi connectivity index (χ1v) is 9.40. The summed E-state index contributed by atoms with van der Waals surface area (Å²) in [5.74, 6) is 1.04. The number of hydrogen-bond donors (Lipinski definition) is 1. The zero-order chi connectivity index (χ0) is 17.2. The fraction of sp³-hybridized carbons (Fsp3) is 0.556. The molecule has 1 atom stereocenters. The molecule has 0 aliphatic rings. The Morgan fingerprint density at radius 3 is 2.26 bits per heavy atom. The Morgan fingerprint density at radius 1 is 1.13 bits per heavy atom. The maximum absolute atomic E-state index is 12.2. The molecule has 2 amide bonds. The van der Waals surface area contributed by atoms with Gasteiger partial charge in [-0.05, 0) is 57.2 Å². The van der Waals surface area contributed by atoms with Crippen molar-refractivity contribution in [3.05, 3.63) is 29.8 Å². The van der Waals surface area contributed by atoms with Gasteiger partial charge < -0.3 is 10.2 Å². The maximum atomic E-state index is 12.2. The molecule has 23 heavy (non-hydrogen) atoms. The number of hydrogen-bond acceptors (Lipinski definition) is 3. The highest BCUT2D eigenvalue weighted by molar-refractivity contribution is 8.00. The van der Waals surface area contributed by atoms with Crippen molar-refractivity contribution in [3.63, 3.8) is 0 Å². The van der Waals surface area contributed by atoms with Crippen LogP contribution in [0.4, 0.5) is 5.69 Å². The van der Waals surface area contributed by atoms with E-state index in [9.17, 15) is 9.59 Å². The summed E-state index contributed by atoms with van der Waals surface area (Å²) >= 11 is 1.67. The van der Waals surface area contributed by atoms with E-state index >= 15 is 0 Å². The van der Waals surface area contributed by atoms with Crippen LogP contribution in [0.3, 0.4) is 0 Å². The normalized spacial score (nSPS) is 11.8. The molecule has 0 bridgehead atoms. The highest BCUT2D eigenvalue weighted by atomic mass is 32.2. The van der Waals surface area contributed by atoms with Crippen LogP contribution < -0.4 is 5.32 Å². The number of unbranched alkanes of at least 4 members (excludes halogenated alkanes) is 1. The Kier molecular flexibility index (Phi) is 8.77. The third kappa shape index (κ3) is 6.26. The van der Waals surface area contributed by atoms with Crippen molar-refractivity contribution in [1.82, 2.24) is 4.90 Å². The van der Waals surface area contributed by atoms with Gasteiger partial charge >= 0.3 is 0 Å². The number of carbonyl (C=O) groups is 2. The van der Waals surface area contributed by atoms with Crippen molar-refractivity contribution < 1.29 is 9.59 Å². The van der Waals surface area contributed by atoms with Gasteiger partial charge in [0.2, 0.25) is 5.91 Å². The summed E-state index contributed by atoms with van der Waals surface area (Å²) in [6.45, 7) is 9.39. The molecule has 0 aromatic heterocycles. The van der Waals surface area contributed by atoms with Crippen molar-refractivity contribution in [2.24, 2.45) is 0 Å². The van der Waals surface area contributed by atoms with E-state index in [0.29, 0.717) is 18.7 Å². The molecule has 4 nitrogen and oxygen atoms in total. The van der Waals surface area contributed by atoms with Gasteiger partial charge in [0.25, 0.3) is 5.91 Å². The zero-order valence-corrected chi connectivity index (χ0v) is 15.4. The highest BCUT2D eigenvalue weighted by Crippen LogP contribution is 2.16. The van der Waals surface area contributed by atoms with Crippen LogP contribution in [-0.4, -0.2) is 40.8 Å². The zero-order valence-electron chi connectivity index (χ0n) is 14.6. The van der Waals surface area contributed by atoms with Crippen molar-refractivity contribution in [1.29, 1.82) is 0 Å². The Balaban J connectivity index is 2.59. The van der Waals surface area contributed by atoms with Crippen molar-refractivity contribution in [3.8, 4) is 0 Å². The molecule has 0 radical (unpaired) electrons. The van der Waals surface area contributed by atoms with Crippen LogP contribution in [-0.2, 0) is 4.79 Å². The predicted octanol–water partition coefficient (Wildman–Crippen LogP) is 4.03. The predicted molar refractivity (Wildman–Crippen MR) is 99.2 cm³/mol. The summed E-state index contributed by atoms with van der Waals surface area (Å²) in [5, 5.41) is 2.84. The largest absolute Gasteiger partial charge is 0.339 e. The van der Waals surface area contributed by atoms with E-state index in [0.717, 1.165) is 24.3 Å². The third-order valence-corrected chi connectivity index (χ3v) is 4.92. The number of rotatable bonds is 9. The van der Waals surface area contributed by atoms with E-state index in [1.165, 1.54) is 0 Å². The molecule has 0 heterocycles. The summed E-state index contributed by atoms with van der Waals surface area (Å²) in [5.41, 5.74) is 1.38. The van der Waals surface area contributed by atoms with E-state index in [1.54, 1.807) is 40.9 Å². The maximum Gasteiger partial charge on any atom is 0.253 e. The average Bonchev–Trinajstić information content (AvgIpc) is 2.56. The van der Waals surface area contributed by atoms with Gasteiger partial charge in [0.05, 0.1) is 5.25 Å². The third-order valence-electron chi connectivity index (χ3n) is 3.69. The molecule has 1 rings (SSSR count). The number of thioether (sulfide) groups is 1. The fourth-order valence-electron chi connectivity index (χ4n) is 2.11. The molecule has 5 heteroatoms. The van der Waals surface area contributed by atoms with Crippen LogP contribution in [0.15, 0.2) is 24.3 Å². The van der Waals surface area contributed by atoms with Crippen molar-refractivity contribution in [2.45, 2.75) is 45.8 Å². The average molecular weight is 337 g/mol. The lowest BCUT2D eigenvalue weighted by Gasteiger charge is -2.18. The first-order valence-electron chi connectivity index (χ1n) is 8.35. The molecule has 0 aliphatic heterocycles. The second-order valence-electron chi connectivity index (χ2n) is 5.41. The number of benzene rings is 1. The Hall–Kier alpha value is -1.49. The highest BCUT2D eigenvalue weighted by Gasteiger charge is 2.15. The molecule has 0 spiro atoms. The van der Waals surface area contributed by atoms with Crippen LogP contribution in [0.1, 0.15) is 50.9 Å². The fourth-order valence-corrected chi connectivity index (χ4v) is 3.13. The SMILES string of the molecule is CCCCSC(C)C(=O)Nc1ccc(C(=O)N(CC)CC)cc1. The van der Waals surface area contributed by atoms with E-state index in [-0.39, 0.29) is 17.1 Å². The molecular formula is C18H28N2O2S. The minimum atomic E-state index is -0.0708. The molecule has 1 N–H and O–H groups in total. The van der Waals surface area contributed by atoms with Gasteiger partial charge in [-0.25, -0.2) is 0 Å². The minimum Gasteiger partial charge on any atom is -0.339 e. The lowest BCUT2D eigenvalue weighted by molar-refractivity contribution is -0.115. The van der Waals surface area contributed by atoms with E-state index in [4.69, 9.17) is 0 Å². The quantitative estimate of drug-likeness (QED) is 0.693. The number of nitrogens with one attached hydrogen (secondary N) is 1. The first kappa shape index (κ1) is 19.6. The molecular weight excluding hydrogens is 308 g/mol. The van der Waals surface area contributed by atoms with E-state index in [2.05, 4.69) is 12.2 Å². The molecule has 0 aliphatic carbocycles. The van der Waals surface area contributed by atoms with Crippen LogP contribution >= 0.6 is 11.8 Å². The van der Waals surface area contributed by atoms with Crippen LogP contribution in [0.5, 0.6) is 0 Å². The molecule has 128 valence electrons. The van der Waals surface area contributed by atoms with Gasteiger partial charge in [0.15, 0.2) is 0 Å². The van der Waals surface area contributed by atoms with Crippen LogP contribution in [0.25, 0.3) is 0 Å². The van der Waals surface area contributed by atoms with Gasteiger partial charge in [-0.15, -0.1) is 11.8 Å². The van der Waals surface area contributed by atoms with Gasteiger partial charge in [-0.1, -0.05) is 13.3 Å². The smallest absolute Gasteiger partial charge is 0.253 e. The number of amides is 2. The molecule has 1 aromatic rings. The number of nitrogens with zero attached hydrogens (tertiary/aromatic N) is 1. The second kappa shape index (κ2) is 10.3. The molecule has 0 saturated carbocycles. The monoisotopic (exact) mass is 336 g/mol. The summed E-state index contributed by atoms with van der Waals surface area (Å²) in [7, 11) is 0. The van der Waals surface area contributed by atoms with Crippen LogP contribution in [0.2, 0.25) is 0 Å². The second-order valence-corrected chi connectivity index (χ2v) is 6.86. The summed E-state index contributed by atoms with van der Waals surface area (Å²) in [4.78, 5) is 26.1. The number of anilines is 1. The minimum absolute atomic E-state index is 0.00826. The van der Waals surface area contributed by atoms with Gasteiger partial charge in [0, 0.05) is 24.3 Å².